The van der Waals surface area contributed by atoms with Crippen molar-refractivity contribution in [2.45, 2.75) is 18.3 Å². The van der Waals surface area contributed by atoms with Crippen LogP contribution in [-0.2, 0) is 18.3 Å². The highest BCUT2D eigenvalue weighted by molar-refractivity contribution is 5.81. The van der Waals surface area contributed by atoms with E-state index in [4.69, 9.17) is 0 Å². The molecule has 1 aliphatic rings. The van der Waals surface area contributed by atoms with Gasteiger partial charge in [-0.1, -0.05) is 158 Å². The Balaban J connectivity index is 1.31. The lowest BCUT2D eigenvalue weighted by molar-refractivity contribution is 0.520. The fourth-order valence-corrected chi connectivity index (χ4v) is 6.45. The normalized spacial score (nSPS) is 13.0. The molecule has 0 nitrogen and oxygen atoms in total. The highest BCUT2D eigenvalue weighted by Gasteiger charge is 2.43. The first-order chi connectivity index (χ1) is 19.3. The molecule has 6 aromatic rings. The second-order valence-corrected chi connectivity index (χ2v) is 10.7. The van der Waals surface area contributed by atoms with Gasteiger partial charge in [0.15, 0.2) is 0 Å². The second kappa shape index (κ2) is 9.89. The molecular formula is C39H30. The molecule has 0 atom stereocenters. The van der Waals surface area contributed by atoms with Crippen LogP contribution in [0.4, 0.5) is 0 Å². The van der Waals surface area contributed by atoms with E-state index in [0.717, 1.165) is 12.8 Å². The molecule has 0 amide bonds. The molecule has 0 saturated carbocycles. The molecule has 39 heavy (non-hydrogen) atoms. The molecule has 0 N–H and O–H groups in total. The van der Waals surface area contributed by atoms with Gasteiger partial charge in [-0.15, -0.1) is 0 Å². The first kappa shape index (κ1) is 23.4. The maximum atomic E-state index is 2.35. The van der Waals surface area contributed by atoms with E-state index in [0.29, 0.717) is 0 Å². The molecule has 0 radical (unpaired) electrons. The average Bonchev–Trinajstić information content (AvgIpc) is 3.28. The van der Waals surface area contributed by atoms with Gasteiger partial charge in [0.2, 0.25) is 0 Å². The number of hydrogen-bond donors (Lipinski definition) is 0. The summed E-state index contributed by atoms with van der Waals surface area (Å²) in [7, 11) is 0. The zero-order valence-corrected chi connectivity index (χ0v) is 21.9. The average molecular weight is 499 g/mol. The second-order valence-electron chi connectivity index (χ2n) is 10.7. The lowest BCUT2D eigenvalue weighted by atomic mass is 9.69. The molecule has 186 valence electrons. The highest BCUT2D eigenvalue weighted by atomic mass is 14.4. The van der Waals surface area contributed by atoms with Gasteiger partial charge in [-0.25, -0.2) is 0 Å². The predicted octanol–water partition coefficient (Wildman–Crippen LogP) is 9.77. The van der Waals surface area contributed by atoms with Crippen molar-refractivity contribution in [1.82, 2.24) is 0 Å². The lowest BCUT2D eigenvalue weighted by Crippen LogP contribution is -2.31. The summed E-state index contributed by atoms with van der Waals surface area (Å²) in [5, 5.41) is 0. The Kier molecular flexibility index (Phi) is 5.94. The van der Waals surface area contributed by atoms with Gasteiger partial charge in [0.1, 0.15) is 0 Å². The molecule has 0 unspecified atom stereocenters. The Bertz CT molecular complexity index is 1580. The summed E-state index contributed by atoms with van der Waals surface area (Å²) in [6.45, 7) is 0. The van der Waals surface area contributed by atoms with E-state index in [1.54, 1.807) is 0 Å². The van der Waals surface area contributed by atoms with Crippen molar-refractivity contribution >= 4 is 0 Å². The van der Waals surface area contributed by atoms with Crippen LogP contribution in [0.1, 0.15) is 22.3 Å². The summed E-state index contributed by atoms with van der Waals surface area (Å²) in [6, 6.07) is 57.8. The minimum atomic E-state index is -0.129. The van der Waals surface area contributed by atoms with Crippen molar-refractivity contribution in [1.29, 1.82) is 0 Å². The van der Waals surface area contributed by atoms with E-state index in [2.05, 4.69) is 158 Å². The molecule has 0 fully saturated rings. The quantitative estimate of drug-likeness (QED) is 0.214. The molecule has 0 saturated heterocycles. The standard InChI is InChI=1S/C39H30/c1-3-11-31(12-4-1)33-23-19-29(20-24-33)27-39(28-30-21-25-34(26-22-30)32-13-5-2-6-14-32)37-17-9-7-15-35(37)36-16-8-10-18-38(36)39/h1-26H,27-28H2. The number of benzene rings is 6. The van der Waals surface area contributed by atoms with E-state index in [1.165, 1.54) is 55.6 Å². The van der Waals surface area contributed by atoms with Crippen LogP contribution < -0.4 is 0 Å². The molecule has 1 aliphatic carbocycles. The third-order valence-corrected chi connectivity index (χ3v) is 8.31. The van der Waals surface area contributed by atoms with Crippen LogP contribution in [0.3, 0.4) is 0 Å². The Labute approximate surface area is 231 Å². The van der Waals surface area contributed by atoms with E-state index in [-0.39, 0.29) is 5.41 Å². The highest BCUT2D eigenvalue weighted by Crippen LogP contribution is 2.52. The smallest absolute Gasteiger partial charge is 0.0295 e. The lowest BCUT2D eigenvalue weighted by Gasteiger charge is -2.33. The fraction of sp³-hybridized carbons (Fsp3) is 0.0769. The van der Waals surface area contributed by atoms with Crippen LogP contribution in [-0.4, -0.2) is 0 Å². The van der Waals surface area contributed by atoms with Crippen LogP contribution in [0.25, 0.3) is 33.4 Å². The van der Waals surface area contributed by atoms with Gasteiger partial charge in [0.05, 0.1) is 0 Å². The topological polar surface area (TPSA) is 0 Å². The van der Waals surface area contributed by atoms with Crippen LogP contribution in [0.15, 0.2) is 158 Å². The van der Waals surface area contributed by atoms with Gasteiger partial charge in [-0.3, -0.25) is 0 Å². The molecule has 0 bridgehead atoms. The van der Waals surface area contributed by atoms with E-state index < -0.39 is 0 Å². The first-order valence-corrected chi connectivity index (χ1v) is 13.8. The molecule has 0 aromatic heterocycles. The molecule has 0 aliphatic heterocycles. The van der Waals surface area contributed by atoms with Gasteiger partial charge in [-0.2, -0.15) is 0 Å². The number of hydrogen-bond acceptors (Lipinski definition) is 0. The summed E-state index contributed by atoms with van der Waals surface area (Å²) >= 11 is 0. The third-order valence-electron chi connectivity index (χ3n) is 8.31. The van der Waals surface area contributed by atoms with Crippen molar-refractivity contribution in [2.75, 3.05) is 0 Å². The monoisotopic (exact) mass is 498 g/mol. The fourth-order valence-electron chi connectivity index (χ4n) is 6.45. The summed E-state index contributed by atoms with van der Waals surface area (Å²) < 4.78 is 0. The van der Waals surface area contributed by atoms with Crippen LogP contribution >= 0.6 is 0 Å². The van der Waals surface area contributed by atoms with Crippen molar-refractivity contribution in [3.05, 3.63) is 180 Å². The first-order valence-electron chi connectivity index (χ1n) is 13.8. The predicted molar refractivity (Wildman–Crippen MR) is 164 cm³/mol. The SMILES string of the molecule is c1ccc(-c2ccc(CC3(Cc4ccc(-c5ccccc5)cc4)c4ccccc4-c4ccccc43)cc2)cc1. The molecule has 0 heterocycles. The zero-order valence-electron chi connectivity index (χ0n) is 21.9. The van der Waals surface area contributed by atoms with Crippen LogP contribution in [0.2, 0.25) is 0 Å². The summed E-state index contributed by atoms with van der Waals surface area (Å²) in [4.78, 5) is 0. The van der Waals surface area contributed by atoms with Crippen molar-refractivity contribution in [3.8, 4) is 33.4 Å². The molecular weight excluding hydrogens is 468 g/mol. The Hall–Kier alpha value is -4.68. The zero-order chi connectivity index (χ0) is 26.1. The number of rotatable bonds is 6. The maximum Gasteiger partial charge on any atom is 0.0295 e. The summed E-state index contributed by atoms with van der Waals surface area (Å²) in [5.74, 6) is 0. The summed E-state index contributed by atoms with van der Waals surface area (Å²) in [6.07, 6.45) is 1.91. The van der Waals surface area contributed by atoms with Gasteiger partial charge in [0.25, 0.3) is 0 Å². The third kappa shape index (κ3) is 4.29. The van der Waals surface area contributed by atoms with E-state index in [9.17, 15) is 0 Å². The van der Waals surface area contributed by atoms with Crippen LogP contribution in [0, 0.1) is 0 Å². The van der Waals surface area contributed by atoms with Crippen LogP contribution in [0.5, 0.6) is 0 Å². The van der Waals surface area contributed by atoms with Crippen molar-refractivity contribution in [2.24, 2.45) is 0 Å². The van der Waals surface area contributed by atoms with E-state index in [1.807, 2.05) is 0 Å². The Morgan fingerprint density at radius 1 is 0.308 bits per heavy atom. The van der Waals surface area contributed by atoms with Gasteiger partial charge >= 0.3 is 0 Å². The van der Waals surface area contributed by atoms with Gasteiger partial charge < -0.3 is 0 Å². The van der Waals surface area contributed by atoms with E-state index >= 15 is 0 Å². The largest absolute Gasteiger partial charge is 0.0622 e. The Morgan fingerprint density at radius 2 is 0.641 bits per heavy atom. The molecule has 0 heteroatoms. The molecule has 6 aromatic carbocycles. The van der Waals surface area contributed by atoms with Crippen molar-refractivity contribution in [3.63, 3.8) is 0 Å². The van der Waals surface area contributed by atoms with Crippen molar-refractivity contribution < 1.29 is 0 Å². The minimum absolute atomic E-state index is 0.129. The number of fused-ring (bicyclic) bond motifs is 3. The minimum Gasteiger partial charge on any atom is -0.0622 e. The Morgan fingerprint density at radius 3 is 1.05 bits per heavy atom. The molecule has 7 rings (SSSR count). The maximum absolute atomic E-state index is 2.35. The van der Waals surface area contributed by atoms with Gasteiger partial charge in [0, 0.05) is 5.41 Å². The van der Waals surface area contributed by atoms with Gasteiger partial charge in [-0.05, 0) is 68.5 Å². The molecule has 0 spiro atoms. The summed E-state index contributed by atoms with van der Waals surface area (Å²) in [5.41, 5.74) is 13.2.